The molecule has 2 heterocycles. The number of methoxy groups -OCH3 is 1. The van der Waals surface area contributed by atoms with E-state index in [-0.39, 0.29) is 28.6 Å². The number of benzene rings is 1. The van der Waals surface area contributed by atoms with E-state index in [0.29, 0.717) is 11.8 Å². The quantitative estimate of drug-likeness (QED) is 0.273. The summed E-state index contributed by atoms with van der Waals surface area (Å²) in [5, 5.41) is 30.5. The van der Waals surface area contributed by atoms with Crippen molar-refractivity contribution in [1.82, 2.24) is 4.90 Å². The number of hydrogen-bond acceptors (Lipinski definition) is 6. The number of phenols is 1. The number of fused-ring (bicyclic) bond motifs is 1. The van der Waals surface area contributed by atoms with Gasteiger partial charge < -0.3 is 29.7 Å². The van der Waals surface area contributed by atoms with E-state index in [1.807, 2.05) is 20.8 Å². The van der Waals surface area contributed by atoms with E-state index in [1.165, 1.54) is 17.2 Å². The zero-order valence-electron chi connectivity index (χ0n) is 24.0. The molecule has 0 amide bonds. The highest BCUT2D eigenvalue weighted by molar-refractivity contribution is 5.80. The van der Waals surface area contributed by atoms with E-state index in [0.717, 1.165) is 50.3 Å². The summed E-state index contributed by atoms with van der Waals surface area (Å²) in [5.41, 5.74) is 1.72. The van der Waals surface area contributed by atoms with Gasteiger partial charge in [-0.3, -0.25) is 0 Å². The minimum absolute atomic E-state index is 0.0647. The molecule has 0 radical (unpaired) electrons. The number of piperidine rings is 1. The Kier molecular flexibility index (Phi) is 6.80. The monoisotopic (exact) mass is 537 g/mol. The topological polar surface area (TPSA) is 99.5 Å². The lowest BCUT2D eigenvalue weighted by Gasteiger charge is -2.72. The maximum atomic E-state index is 11.7. The molecule has 1 aromatic carbocycles. The maximum Gasteiger partial charge on any atom is 0.328 e. The van der Waals surface area contributed by atoms with E-state index in [2.05, 4.69) is 37.1 Å². The molecule has 2 fully saturated rings. The number of carbonyl (C=O) groups is 1. The van der Waals surface area contributed by atoms with Gasteiger partial charge in [0.1, 0.15) is 11.7 Å². The first kappa shape index (κ1) is 27.9. The van der Waals surface area contributed by atoms with Gasteiger partial charge in [-0.2, -0.15) is 0 Å². The third kappa shape index (κ3) is 3.76. The Morgan fingerprint density at radius 1 is 1.31 bits per heavy atom. The molecule has 6 aliphatic rings. The largest absolute Gasteiger partial charge is 0.504 e. The van der Waals surface area contributed by atoms with Gasteiger partial charge in [0.25, 0.3) is 0 Å². The molecule has 2 spiro atoms. The minimum atomic E-state index is -0.910. The second-order valence-electron chi connectivity index (χ2n) is 12.6. The number of rotatable bonds is 6. The summed E-state index contributed by atoms with van der Waals surface area (Å²) in [6.07, 6.45) is 13.2. The molecule has 0 aromatic heterocycles. The van der Waals surface area contributed by atoms with E-state index in [9.17, 15) is 15.0 Å². The Morgan fingerprint density at radius 3 is 2.69 bits per heavy atom. The van der Waals surface area contributed by atoms with Crippen LogP contribution in [0.4, 0.5) is 0 Å². The summed E-state index contributed by atoms with van der Waals surface area (Å²) in [4.78, 5) is 12.4. The number of carboxylic acid groups (broad SMARTS) is 1. The Bertz CT molecular complexity index is 1250. The Labute approximate surface area is 231 Å². The lowest BCUT2D eigenvalue weighted by Crippen LogP contribution is -2.80. The molecule has 1 aromatic rings. The van der Waals surface area contributed by atoms with Gasteiger partial charge in [-0.05, 0) is 71.7 Å². The summed E-state index contributed by atoms with van der Waals surface area (Å²) < 4.78 is 13.1. The number of likely N-dealkylation sites (N-methyl/N-ethyl adjacent to an activating group) is 1. The molecule has 39 heavy (non-hydrogen) atoms. The average molecular weight is 538 g/mol. The van der Waals surface area contributed by atoms with Crippen LogP contribution in [0.25, 0.3) is 0 Å². The van der Waals surface area contributed by atoms with Crippen molar-refractivity contribution >= 4 is 5.97 Å². The molecule has 212 valence electrons. The number of allylic oxidation sites excluding steroid dienone is 3. The minimum Gasteiger partial charge on any atom is -0.504 e. The molecule has 7 rings (SSSR count). The summed E-state index contributed by atoms with van der Waals surface area (Å²) in [6.45, 7) is 8.93. The molecule has 7 atom stereocenters. The summed E-state index contributed by atoms with van der Waals surface area (Å²) in [7, 11) is 4.00. The molecule has 3 N–H and O–H groups in total. The van der Waals surface area contributed by atoms with Gasteiger partial charge in [-0.1, -0.05) is 49.3 Å². The number of aliphatic carboxylic acids is 1. The van der Waals surface area contributed by atoms with Gasteiger partial charge in [0.2, 0.25) is 0 Å². The van der Waals surface area contributed by atoms with Crippen LogP contribution in [0.2, 0.25) is 0 Å². The van der Waals surface area contributed by atoms with Crippen molar-refractivity contribution in [3.05, 3.63) is 59.2 Å². The third-order valence-electron chi connectivity index (χ3n) is 10.2. The molecule has 1 saturated carbocycles. The zero-order valence-corrected chi connectivity index (χ0v) is 24.0. The van der Waals surface area contributed by atoms with Gasteiger partial charge in [0.15, 0.2) is 11.5 Å². The van der Waals surface area contributed by atoms with E-state index < -0.39 is 17.2 Å². The van der Waals surface area contributed by atoms with Gasteiger partial charge in [-0.15, -0.1) is 0 Å². The van der Waals surface area contributed by atoms with E-state index in [1.54, 1.807) is 19.3 Å². The van der Waals surface area contributed by atoms with Crippen molar-refractivity contribution in [3.8, 4) is 11.5 Å². The Morgan fingerprint density at radius 2 is 2.05 bits per heavy atom. The SMILES string of the molecule is CC(C)=C/C=C/C(=O)O.CCC[C@@](C)(O)[C@H]1C[C@@]23C=C[C@]1(OC)[C@@H]1Oc4c(O)ccc5c4[C@@]12CCN(C)[C@@H]3C5. The van der Waals surface area contributed by atoms with Crippen LogP contribution in [0.5, 0.6) is 11.5 Å². The first-order valence-corrected chi connectivity index (χ1v) is 14.1. The molecule has 4 aliphatic carbocycles. The van der Waals surface area contributed by atoms with Crippen molar-refractivity contribution in [2.75, 3.05) is 20.7 Å². The molecule has 0 unspecified atom stereocenters. The van der Waals surface area contributed by atoms with Crippen molar-refractivity contribution in [2.24, 2.45) is 11.3 Å². The highest BCUT2D eigenvalue weighted by Crippen LogP contribution is 2.75. The molecule has 7 heteroatoms. The number of ether oxygens (including phenoxy) is 2. The van der Waals surface area contributed by atoms with Crippen LogP contribution < -0.4 is 4.74 Å². The normalized spacial score (nSPS) is 36.4. The fourth-order valence-corrected chi connectivity index (χ4v) is 8.76. The molecule has 1 saturated heterocycles. The van der Waals surface area contributed by atoms with Crippen molar-refractivity contribution in [1.29, 1.82) is 0 Å². The molecule has 2 aliphatic heterocycles. The lowest BCUT2D eigenvalue weighted by molar-refractivity contribution is -0.247. The van der Waals surface area contributed by atoms with Crippen molar-refractivity contribution in [2.45, 2.75) is 88.6 Å². The first-order chi connectivity index (χ1) is 18.4. The number of hydrogen-bond donors (Lipinski definition) is 3. The summed E-state index contributed by atoms with van der Waals surface area (Å²) >= 11 is 0. The molecule has 4 bridgehead atoms. The fourth-order valence-electron chi connectivity index (χ4n) is 8.76. The smallest absolute Gasteiger partial charge is 0.328 e. The molecular formula is C32H43NO6. The van der Waals surface area contributed by atoms with Gasteiger partial charge in [0.05, 0.1) is 11.0 Å². The third-order valence-corrected chi connectivity index (χ3v) is 10.2. The van der Waals surface area contributed by atoms with Crippen LogP contribution >= 0.6 is 0 Å². The van der Waals surface area contributed by atoms with Gasteiger partial charge in [-0.25, -0.2) is 4.79 Å². The Balaban J connectivity index is 0.000000298. The van der Waals surface area contributed by atoms with Gasteiger partial charge >= 0.3 is 5.97 Å². The highest BCUT2D eigenvalue weighted by Gasteiger charge is 2.80. The van der Waals surface area contributed by atoms with Crippen LogP contribution in [0, 0.1) is 11.3 Å². The number of phenolic OH excluding ortho intramolecular Hbond substituents is 1. The van der Waals surface area contributed by atoms with Gasteiger partial charge in [0, 0.05) is 36.1 Å². The molecule has 7 nitrogen and oxygen atoms in total. The first-order valence-electron chi connectivity index (χ1n) is 14.1. The van der Waals surface area contributed by atoms with Crippen LogP contribution in [0.1, 0.15) is 64.5 Å². The number of aliphatic hydroxyl groups is 1. The second kappa shape index (κ2) is 9.50. The number of carboxylic acids is 1. The fraction of sp³-hybridized carbons (Fsp3) is 0.594. The predicted molar refractivity (Wildman–Crippen MR) is 150 cm³/mol. The lowest BCUT2D eigenvalue weighted by atomic mass is 9.36. The van der Waals surface area contributed by atoms with Crippen LogP contribution in [0.3, 0.4) is 0 Å². The van der Waals surface area contributed by atoms with E-state index >= 15 is 0 Å². The summed E-state index contributed by atoms with van der Waals surface area (Å²) in [6, 6.07) is 4.23. The molecular weight excluding hydrogens is 494 g/mol. The highest BCUT2D eigenvalue weighted by atomic mass is 16.6. The second-order valence-corrected chi connectivity index (χ2v) is 12.6. The number of aromatic hydroxyl groups is 1. The van der Waals surface area contributed by atoms with Crippen LogP contribution in [-0.2, 0) is 21.4 Å². The van der Waals surface area contributed by atoms with Crippen LogP contribution in [-0.4, -0.2) is 70.2 Å². The van der Waals surface area contributed by atoms with Crippen molar-refractivity contribution in [3.63, 3.8) is 0 Å². The van der Waals surface area contributed by atoms with E-state index in [4.69, 9.17) is 14.6 Å². The maximum absolute atomic E-state index is 11.7. The summed E-state index contributed by atoms with van der Waals surface area (Å²) in [5.74, 6) is -0.0871. The van der Waals surface area contributed by atoms with Crippen molar-refractivity contribution < 1.29 is 29.6 Å². The average Bonchev–Trinajstić information content (AvgIpc) is 3.25. The Hall–Kier alpha value is -2.61. The zero-order chi connectivity index (χ0) is 28.4. The number of likely N-dealkylation sites (tertiary alicyclic amines) is 1. The standard InChI is InChI=1S/C25H33NO4.C7H10O2/c1-5-8-22(2,28)17-14-23-9-10-25(17,29-4)21-24(23)11-12-26(3)18(23)13-15-6-7-16(27)20(30-21)19(15)24;1-6(2)4-3-5-7(8)9/h6-7,9-10,17-18,21,27-28H,5,8,11-14H2,1-4H3;3-5H,1-2H3,(H,8,9)/b;5-3+/t17-,18-,21-,22-,23-,24+,25-;/m1./s1. The number of nitrogens with zero attached hydrogens (tertiary/aromatic N) is 1. The van der Waals surface area contributed by atoms with Crippen LogP contribution in [0.15, 0.2) is 48.1 Å². The predicted octanol–water partition coefficient (Wildman–Crippen LogP) is 4.76.